The van der Waals surface area contributed by atoms with Gasteiger partial charge in [-0.25, -0.2) is 0 Å². The van der Waals surface area contributed by atoms with Gasteiger partial charge in [0.25, 0.3) is 0 Å². The number of pyridine rings is 1. The number of carbonyl (C=O) groups is 1. The van der Waals surface area contributed by atoms with Crippen LogP contribution < -0.4 is 4.90 Å². The molecular formula is C16H13ClF2N2O2. The number of aliphatic hydroxyl groups excluding tert-OH is 1. The predicted molar refractivity (Wildman–Crippen MR) is 81.4 cm³/mol. The van der Waals surface area contributed by atoms with Gasteiger partial charge in [-0.3, -0.25) is 9.78 Å². The van der Waals surface area contributed by atoms with Crippen molar-refractivity contribution in [3.8, 4) is 0 Å². The van der Waals surface area contributed by atoms with E-state index in [1.807, 2.05) is 0 Å². The summed E-state index contributed by atoms with van der Waals surface area (Å²) in [5.41, 5.74) is 0.248. The fraction of sp³-hybridized carbons (Fsp3) is 0.250. The summed E-state index contributed by atoms with van der Waals surface area (Å²) in [6.07, 6.45) is 1.79. The first-order valence-corrected chi connectivity index (χ1v) is 7.31. The molecule has 2 aromatic rings. The summed E-state index contributed by atoms with van der Waals surface area (Å²) in [5.74, 6) is -4.99. The number of amides is 1. The van der Waals surface area contributed by atoms with Crippen molar-refractivity contribution in [1.29, 1.82) is 0 Å². The van der Waals surface area contributed by atoms with Crippen LogP contribution >= 0.6 is 11.6 Å². The van der Waals surface area contributed by atoms with Gasteiger partial charge in [0.1, 0.15) is 0 Å². The molecule has 0 fully saturated rings. The van der Waals surface area contributed by atoms with E-state index in [0.29, 0.717) is 10.6 Å². The Labute approximate surface area is 136 Å². The lowest BCUT2D eigenvalue weighted by atomic mass is 9.98. The Morgan fingerprint density at radius 3 is 2.78 bits per heavy atom. The van der Waals surface area contributed by atoms with Gasteiger partial charge in [0.15, 0.2) is 0 Å². The third-order valence-corrected chi connectivity index (χ3v) is 3.95. The zero-order valence-electron chi connectivity index (χ0n) is 12.1. The van der Waals surface area contributed by atoms with Gasteiger partial charge >= 0.3 is 11.8 Å². The molecule has 3 rings (SSSR count). The van der Waals surface area contributed by atoms with E-state index >= 15 is 0 Å². The normalized spacial score (nSPS) is 17.3. The SMILES string of the molecule is CC(O)c1cccc2c1C(F)(F)C(=O)N2Cc1cncc(Cl)c1. The van der Waals surface area contributed by atoms with Crippen molar-refractivity contribution in [1.82, 2.24) is 4.98 Å². The van der Waals surface area contributed by atoms with Crippen LogP contribution in [0.25, 0.3) is 0 Å². The van der Waals surface area contributed by atoms with Gasteiger partial charge in [-0.15, -0.1) is 0 Å². The van der Waals surface area contributed by atoms with Crippen molar-refractivity contribution < 1.29 is 18.7 Å². The fourth-order valence-corrected chi connectivity index (χ4v) is 2.94. The van der Waals surface area contributed by atoms with E-state index in [0.717, 1.165) is 4.90 Å². The highest BCUT2D eigenvalue weighted by molar-refractivity contribution is 6.30. The summed E-state index contributed by atoms with van der Waals surface area (Å²) in [4.78, 5) is 17.1. The molecule has 23 heavy (non-hydrogen) atoms. The molecule has 1 N–H and O–H groups in total. The number of rotatable bonds is 3. The van der Waals surface area contributed by atoms with E-state index in [2.05, 4.69) is 4.98 Å². The van der Waals surface area contributed by atoms with Crippen molar-refractivity contribution in [2.24, 2.45) is 0 Å². The van der Waals surface area contributed by atoms with Crippen molar-refractivity contribution in [2.45, 2.75) is 25.5 Å². The topological polar surface area (TPSA) is 53.4 Å². The Bertz CT molecular complexity index is 780. The number of fused-ring (bicyclic) bond motifs is 1. The van der Waals surface area contributed by atoms with Gasteiger partial charge in [-0.05, 0) is 30.2 Å². The molecule has 1 amide bonds. The molecule has 0 spiro atoms. The monoisotopic (exact) mass is 338 g/mol. The number of hydrogen-bond donors (Lipinski definition) is 1. The van der Waals surface area contributed by atoms with E-state index in [9.17, 15) is 18.7 Å². The van der Waals surface area contributed by atoms with Gasteiger partial charge in [0, 0.05) is 12.4 Å². The van der Waals surface area contributed by atoms with E-state index in [4.69, 9.17) is 11.6 Å². The standard InChI is InChI=1S/C16H13ClF2N2O2/c1-9(22)12-3-2-4-13-14(12)16(18,19)15(23)21(13)8-10-5-11(17)7-20-6-10/h2-7,9,22H,8H2,1H3. The second kappa shape index (κ2) is 5.54. The molecule has 1 aliphatic heterocycles. The summed E-state index contributed by atoms with van der Waals surface area (Å²) >= 11 is 5.84. The molecule has 1 unspecified atom stereocenters. The lowest BCUT2D eigenvalue weighted by Crippen LogP contribution is -2.34. The molecule has 1 aliphatic rings. The lowest BCUT2D eigenvalue weighted by molar-refractivity contribution is -0.141. The van der Waals surface area contributed by atoms with Gasteiger partial charge in [-0.2, -0.15) is 8.78 Å². The molecule has 1 atom stereocenters. The number of anilines is 1. The molecule has 0 aliphatic carbocycles. The average Bonchev–Trinajstić information content (AvgIpc) is 2.68. The summed E-state index contributed by atoms with van der Waals surface area (Å²) in [5, 5.41) is 10.1. The summed E-state index contributed by atoms with van der Waals surface area (Å²) in [7, 11) is 0. The number of alkyl halides is 2. The number of nitrogens with zero attached hydrogens (tertiary/aromatic N) is 2. The zero-order valence-corrected chi connectivity index (χ0v) is 12.9. The minimum atomic E-state index is -3.67. The van der Waals surface area contributed by atoms with Crippen LogP contribution in [-0.4, -0.2) is 16.0 Å². The zero-order chi connectivity index (χ0) is 16.8. The maximum Gasteiger partial charge on any atom is 0.352 e. The van der Waals surface area contributed by atoms with E-state index in [1.54, 1.807) is 12.1 Å². The number of carbonyl (C=O) groups excluding carboxylic acids is 1. The van der Waals surface area contributed by atoms with Crippen molar-refractivity contribution in [3.63, 3.8) is 0 Å². The van der Waals surface area contributed by atoms with Crippen LogP contribution in [0.2, 0.25) is 5.02 Å². The first-order chi connectivity index (χ1) is 10.8. The fourth-order valence-electron chi connectivity index (χ4n) is 2.74. The maximum atomic E-state index is 14.4. The van der Waals surface area contributed by atoms with Crippen molar-refractivity contribution in [2.75, 3.05) is 4.90 Å². The van der Waals surface area contributed by atoms with Crippen LogP contribution in [0.1, 0.15) is 29.7 Å². The Morgan fingerprint density at radius 2 is 2.13 bits per heavy atom. The molecule has 0 saturated heterocycles. The Balaban J connectivity index is 2.08. The number of aliphatic hydroxyl groups is 1. The summed E-state index contributed by atoms with van der Waals surface area (Å²) in [6.45, 7) is 1.32. The molecule has 7 heteroatoms. The Morgan fingerprint density at radius 1 is 1.39 bits per heavy atom. The molecule has 4 nitrogen and oxygen atoms in total. The lowest BCUT2D eigenvalue weighted by Gasteiger charge is -2.17. The molecule has 120 valence electrons. The molecular weight excluding hydrogens is 326 g/mol. The van der Waals surface area contributed by atoms with Gasteiger partial charge in [-0.1, -0.05) is 23.7 Å². The summed E-state index contributed by atoms with van der Waals surface area (Å²) in [6, 6.07) is 5.95. The highest BCUT2D eigenvalue weighted by atomic mass is 35.5. The molecule has 1 aromatic heterocycles. The number of halogens is 3. The van der Waals surface area contributed by atoms with E-state index in [-0.39, 0.29) is 17.8 Å². The average molecular weight is 339 g/mol. The Kier molecular flexibility index (Phi) is 3.82. The second-order valence-corrected chi connectivity index (χ2v) is 5.83. The Hall–Kier alpha value is -2.05. The van der Waals surface area contributed by atoms with E-state index < -0.39 is 23.5 Å². The molecule has 0 radical (unpaired) electrons. The third kappa shape index (κ3) is 2.58. The van der Waals surface area contributed by atoms with Crippen LogP contribution in [0.15, 0.2) is 36.7 Å². The van der Waals surface area contributed by atoms with Crippen LogP contribution in [0.3, 0.4) is 0 Å². The largest absolute Gasteiger partial charge is 0.389 e. The number of benzene rings is 1. The quantitative estimate of drug-likeness (QED) is 0.933. The molecule has 0 saturated carbocycles. The summed E-state index contributed by atoms with van der Waals surface area (Å²) < 4.78 is 28.9. The number of hydrogen-bond acceptors (Lipinski definition) is 3. The van der Waals surface area contributed by atoms with Gasteiger partial charge < -0.3 is 10.0 Å². The highest BCUT2D eigenvalue weighted by Crippen LogP contribution is 2.47. The molecule has 1 aromatic carbocycles. The molecule has 2 heterocycles. The van der Waals surface area contributed by atoms with E-state index in [1.165, 1.54) is 31.5 Å². The highest BCUT2D eigenvalue weighted by Gasteiger charge is 2.54. The number of aromatic nitrogens is 1. The maximum absolute atomic E-state index is 14.4. The van der Waals surface area contributed by atoms with Gasteiger partial charge in [0.05, 0.1) is 28.9 Å². The van der Waals surface area contributed by atoms with Crippen LogP contribution in [0, 0.1) is 0 Å². The second-order valence-electron chi connectivity index (χ2n) is 5.39. The predicted octanol–water partition coefficient (Wildman–Crippen LogP) is 3.43. The first-order valence-electron chi connectivity index (χ1n) is 6.93. The van der Waals surface area contributed by atoms with Crippen LogP contribution in [0.5, 0.6) is 0 Å². The minimum absolute atomic E-state index is 0.0487. The minimum Gasteiger partial charge on any atom is -0.389 e. The van der Waals surface area contributed by atoms with Crippen molar-refractivity contribution >= 4 is 23.2 Å². The third-order valence-electron chi connectivity index (χ3n) is 3.75. The van der Waals surface area contributed by atoms with Crippen molar-refractivity contribution in [3.05, 3.63) is 58.4 Å². The van der Waals surface area contributed by atoms with Crippen LogP contribution in [0.4, 0.5) is 14.5 Å². The first kappa shape index (κ1) is 15.8. The van der Waals surface area contributed by atoms with Gasteiger partial charge in [0.2, 0.25) is 0 Å². The smallest absolute Gasteiger partial charge is 0.352 e. The van der Waals surface area contributed by atoms with Crippen LogP contribution in [-0.2, 0) is 17.3 Å². The molecule has 0 bridgehead atoms.